The van der Waals surface area contributed by atoms with Crippen LogP contribution in [0.5, 0.6) is 5.75 Å². The van der Waals surface area contributed by atoms with E-state index in [1.54, 1.807) is 12.1 Å². The molecule has 1 aromatic rings. The van der Waals surface area contributed by atoms with Gasteiger partial charge in [-0.25, -0.2) is 4.39 Å². The quantitative estimate of drug-likeness (QED) is 0.733. The average molecular weight is 364 g/mol. The van der Waals surface area contributed by atoms with Gasteiger partial charge in [-0.05, 0) is 81.3 Å². The lowest BCUT2D eigenvalue weighted by atomic mass is 10.1. The van der Waals surface area contributed by atoms with Gasteiger partial charge in [0.1, 0.15) is 11.6 Å². The van der Waals surface area contributed by atoms with Gasteiger partial charge in [0.05, 0.1) is 9.50 Å². The highest BCUT2D eigenvalue weighted by atomic mass is 79.9. The van der Waals surface area contributed by atoms with E-state index in [0.717, 1.165) is 28.4 Å². The molecule has 0 N–H and O–H groups in total. The molecule has 1 aliphatic rings. The number of rotatable bonds is 3. The first kappa shape index (κ1) is 13.1. The van der Waals surface area contributed by atoms with Crippen LogP contribution in [0.25, 0.3) is 0 Å². The van der Waals surface area contributed by atoms with Crippen LogP contribution in [0.1, 0.15) is 19.3 Å². The van der Waals surface area contributed by atoms with E-state index in [2.05, 4.69) is 37.9 Å². The molecule has 1 saturated carbocycles. The van der Waals surface area contributed by atoms with Crippen LogP contribution in [0.3, 0.4) is 0 Å². The van der Waals surface area contributed by atoms with Crippen LogP contribution in [0.4, 0.5) is 4.39 Å². The highest BCUT2D eigenvalue weighted by molar-refractivity contribution is 9.28. The summed E-state index contributed by atoms with van der Waals surface area (Å²) in [5.74, 6) is 1.07. The van der Waals surface area contributed by atoms with E-state index >= 15 is 0 Å². The van der Waals surface area contributed by atoms with E-state index in [1.165, 1.54) is 12.1 Å². The predicted molar refractivity (Wildman–Crippen MR) is 74.1 cm³/mol. The summed E-state index contributed by atoms with van der Waals surface area (Å²) in [6.45, 7) is 0. The van der Waals surface area contributed by atoms with Crippen molar-refractivity contribution in [2.24, 2.45) is 5.92 Å². The monoisotopic (exact) mass is 362 g/mol. The molecule has 2 atom stereocenters. The van der Waals surface area contributed by atoms with Crippen molar-refractivity contribution >= 4 is 31.9 Å². The molecule has 2 rings (SSSR count). The molecule has 0 bridgehead atoms. The third-order valence-corrected chi connectivity index (χ3v) is 3.43. The molecule has 0 aliphatic heterocycles. The van der Waals surface area contributed by atoms with Gasteiger partial charge in [0.25, 0.3) is 0 Å². The number of benzene rings is 1. The van der Waals surface area contributed by atoms with Gasteiger partial charge in [-0.1, -0.05) is 6.08 Å². The summed E-state index contributed by atoms with van der Waals surface area (Å²) in [6, 6.07) is 6.21. The fourth-order valence-electron chi connectivity index (χ4n) is 2.12. The highest BCUT2D eigenvalue weighted by Gasteiger charge is 2.24. The molecule has 0 unspecified atom stereocenters. The van der Waals surface area contributed by atoms with Gasteiger partial charge in [0.15, 0.2) is 0 Å². The first-order valence-corrected chi connectivity index (χ1v) is 7.17. The number of hydrogen-bond donors (Lipinski definition) is 0. The lowest BCUT2D eigenvalue weighted by Crippen LogP contribution is -2.11. The smallest absolute Gasteiger partial charge is 0.123 e. The lowest BCUT2D eigenvalue weighted by Gasteiger charge is -2.13. The molecule has 0 radical (unpaired) electrons. The van der Waals surface area contributed by atoms with Crippen molar-refractivity contribution in [1.29, 1.82) is 0 Å². The molecule has 1 fully saturated rings. The van der Waals surface area contributed by atoms with E-state index in [4.69, 9.17) is 4.74 Å². The first-order chi connectivity index (χ1) is 8.13. The Morgan fingerprint density at radius 3 is 2.59 bits per heavy atom. The van der Waals surface area contributed by atoms with E-state index in [1.807, 2.05) is 0 Å². The largest absolute Gasteiger partial charge is 0.490 e. The van der Waals surface area contributed by atoms with Gasteiger partial charge in [-0.3, -0.25) is 0 Å². The number of hydrogen-bond acceptors (Lipinski definition) is 1. The van der Waals surface area contributed by atoms with Crippen LogP contribution < -0.4 is 4.74 Å². The predicted octanol–water partition coefficient (Wildman–Crippen LogP) is 5.00. The minimum Gasteiger partial charge on any atom is -0.490 e. The fourth-order valence-corrected chi connectivity index (χ4v) is 2.86. The maximum absolute atomic E-state index is 12.7. The Kier molecular flexibility index (Phi) is 4.62. The summed E-state index contributed by atoms with van der Waals surface area (Å²) in [5, 5.41) is 0. The summed E-state index contributed by atoms with van der Waals surface area (Å²) in [4.78, 5) is 0. The minimum absolute atomic E-state index is 0.229. The Labute approximate surface area is 117 Å². The van der Waals surface area contributed by atoms with Crippen molar-refractivity contribution in [3.63, 3.8) is 0 Å². The standard InChI is InChI=1S/C13H13Br2FO/c14-13(15)8-9-1-4-12(7-9)17-11-5-2-10(16)3-6-11/h2-3,5-6,8-9,12H,1,4,7H2/t9-,12+/m0/s1. The molecule has 92 valence electrons. The zero-order valence-electron chi connectivity index (χ0n) is 9.20. The summed E-state index contributed by atoms with van der Waals surface area (Å²) in [5.41, 5.74) is 0. The Balaban J connectivity index is 1.89. The molecule has 0 heterocycles. The molecule has 0 saturated heterocycles. The highest BCUT2D eigenvalue weighted by Crippen LogP contribution is 2.32. The van der Waals surface area contributed by atoms with Gasteiger partial charge in [-0.2, -0.15) is 0 Å². The summed E-state index contributed by atoms with van der Waals surface area (Å²) >= 11 is 6.75. The molecule has 1 aliphatic carbocycles. The van der Waals surface area contributed by atoms with E-state index in [9.17, 15) is 4.39 Å². The van der Waals surface area contributed by atoms with E-state index < -0.39 is 0 Å². The number of halogens is 3. The zero-order valence-corrected chi connectivity index (χ0v) is 12.4. The van der Waals surface area contributed by atoms with Crippen molar-refractivity contribution in [3.05, 3.63) is 39.6 Å². The summed E-state index contributed by atoms with van der Waals surface area (Å²) < 4.78 is 19.5. The van der Waals surface area contributed by atoms with Gasteiger partial charge in [0, 0.05) is 0 Å². The fraction of sp³-hybridized carbons (Fsp3) is 0.385. The molecule has 17 heavy (non-hydrogen) atoms. The van der Waals surface area contributed by atoms with E-state index in [0.29, 0.717) is 5.92 Å². The van der Waals surface area contributed by atoms with Crippen LogP contribution in [0.2, 0.25) is 0 Å². The third kappa shape index (κ3) is 4.11. The van der Waals surface area contributed by atoms with Crippen LogP contribution in [-0.4, -0.2) is 6.10 Å². The summed E-state index contributed by atoms with van der Waals surface area (Å²) in [6.07, 6.45) is 5.59. The van der Waals surface area contributed by atoms with Crippen LogP contribution in [0.15, 0.2) is 33.7 Å². The Morgan fingerprint density at radius 2 is 1.94 bits per heavy atom. The topological polar surface area (TPSA) is 9.23 Å². The zero-order chi connectivity index (χ0) is 12.3. The van der Waals surface area contributed by atoms with Gasteiger partial charge >= 0.3 is 0 Å². The van der Waals surface area contributed by atoms with Crippen molar-refractivity contribution in [2.45, 2.75) is 25.4 Å². The normalized spacial score (nSPS) is 23.5. The molecule has 1 aromatic carbocycles. The van der Waals surface area contributed by atoms with Gasteiger partial charge in [-0.15, -0.1) is 0 Å². The minimum atomic E-state index is -0.229. The summed E-state index contributed by atoms with van der Waals surface area (Å²) in [7, 11) is 0. The van der Waals surface area contributed by atoms with Gasteiger partial charge < -0.3 is 4.74 Å². The second-order valence-electron chi connectivity index (χ2n) is 4.22. The Morgan fingerprint density at radius 1 is 1.24 bits per heavy atom. The maximum atomic E-state index is 12.7. The molecular formula is C13H13Br2FO. The van der Waals surface area contributed by atoms with Crippen molar-refractivity contribution in [1.82, 2.24) is 0 Å². The van der Waals surface area contributed by atoms with Crippen LogP contribution in [-0.2, 0) is 0 Å². The van der Waals surface area contributed by atoms with E-state index in [-0.39, 0.29) is 11.9 Å². The number of allylic oxidation sites excluding steroid dienone is 1. The average Bonchev–Trinajstić information content (AvgIpc) is 2.68. The first-order valence-electron chi connectivity index (χ1n) is 5.58. The van der Waals surface area contributed by atoms with Crippen molar-refractivity contribution < 1.29 is 9.13 Å². The van der Waals surface area contributed by atoms with Crippen LogP contribution >= 0.6 is 31.9 Å². The second kappa shape index (κ2) is 6.01. The Bertz CT molecular complexity index is 398. The van der Waals surface area contributed by atoms with Gasteiger partial charge in [0.2, 0.25) is 0 Å². The lowest BCUT2D eigenvalue weighted by molar-refractivity contribution is 0.206. The molecule has 0 spiro atoms. The molecule has 0 aromatic heterocycles. The Hall–Kier alpha value is -0.350. The molecular weight excluding hydrogens is 351 g/mol. The number of ether oxygens (including phenoxy) is 1. The molecule has 1 nitrogen and oxygen atoms in total. The van der Waals surface area contributed by atoms with Crippen molar-refractivity contribution in [3.8, 4) is 5.75 Å². The van der Waals surface area contributed by atoms with Crippen molar-refractivity contribution in [2.75, 3.05) is 0 Å². The molecule has 4 heteroatoms. The third-order valence-electron chi connectivity index (χ3n) is 2.90. The second-order valence-corrected chi connectivity index (χ2v) is 7.00. The SMILES string of the molecule is Fc1ccc(O[C@@H]2CC[C@H](C=C(Br)Br)C2)cc1. The maximum Gasteiger partial charge on any atom is 0.123 e. The molecule has 0 amide bonds. The van der Waals surface area contributed by atoms with Crippen LogP contribution in [0, 0.1) is 11.7 Å².